The van der Waals surface area contributed by atoms with E-state index >= 15 is 0 Å². The Bertz CT molecular complexity index is 782. The van der Waals surface area contributed by atoms with Crippen LogP contribution in [0.15, 0.2) is 28.7 Å². The SMILES string of the molecule is Cc1c(CN2CCCC23CCCN(CCO)C3=O)oc2ccccc12. The van der Waals surface area contributed by atoms with Gasteiger partial charge in [0.25, 0.3) is 0 Å². The number of hydrogen-bond donors (Lipinski definition) is 1. The predicted molar refractivity (Wildman–Crippen MR) is 96.2 cm³/mol. The molecule has 25 heavy (non-hydrogen) atoms. The molecule has 5 nitrogen and oxygen atoms in total. The normalized spacial score (nSPS) is 24.7. The molecule has 0 radical (unpaired) electrons. The molecule has 1 atom stereocenters. The van der Waals surface area contributed by atoms with E-state index in [1.807, 2.05) is 23.1 Å². The van der Waals surface area contributed by atoms with Gasteiger partial charge in [0.05, 0.1) is 13.2 Å². The Hall–Kier alpha value is -1.85. The molecule has 1 aromatic heterocycles. The minimum atomic E-state index is -0.404. The van der Waals surface area contributed by atoms with E-state index in [2.05, 4.69) is 17.9 Å². The van der Waals surface area contributed by atoms with Gasteiger partial charge in [0, 0.05) is 18.5 Å². The summed E-state index contributed by atoms with van der Waals surface area (Å²) in [5, 5.41) is 10.4. The third-order valence-corrected chi connectivity index (χ3v) is 5.97. The lowest BCUT2D eigenvalue weighted by Gasteiger charge is -2.44. The van der Waals surface area contributed by atoms with E-state index in [4.69, 9.17) is 4.42 Å². The van der Waals surface area contributed by atoms with Gasteiger partial charge >= 0.3 is 0 Å². The number of furan rings is 1. The van der Waals surface area contributed by atoms with Crippen molar-refractivity contribution in [3.05, 3.63) is 35.6 Å². The smallest absolute Gasteiger partial charge is 0.243 e. The van der Waals surface area contributed by atoms with E-state index in [9.17, 15) is 9.90 Å². The van der Waals surface area contributed by atoms with Crippen LogP contribution in [0.4, 0.5) is 0 Å². The first kappa shape index (κ1) is 16.6. The average molecular weight is 342 g/mol. The quantitative estimate of drug-likeness (QED) is 0.928. The molecule has 4 rings (SSSR count). The molecule has 1 aromatic carbocycles. The number of piperidine rings is 1. The van der Waals surface area contributed by atoms with Gasteiger partial charge in [0.2, 0.25) is 5.91 Å². The first-order valence-corrected chi connectivity index (χ1v) is 9.28. The summed E-state index contributed by atoms with van der Waals surface area (Å²) >= 11 is 0. The molecule has 0 aliphatic carbocycles. The zero-order valence-electron chi connectivity index (χ0n) is 14.8. The number of benzene rings is 1. The summed E-state index contributed by atoms with van der Waals surface area (Å²) in [7, 11) is 0. The molecular weight excluding hydrogens is 316 g/mol. The summed E-state index contributed by atoms with van der Waals surface area (Å²) in [6, 6.07) is 8.11. The van der Waals surface area contributed by atoms with Crippen LogP contribution in [0.1, 0.15) is 37.0 Å². The van der Waals surface area contributed by atoms with Crippen molar-refractivity contribution in [2.24, 2.45) is 0 Å². The number of likely N-dealkylation sites (tertiary alicyclic amines) is 2. The third kappa shape index (κ3) is 2.66. The second kappa shape index (κ2) is 6.46. The third-order valence-electron chi connectivity index (χ3n) is 5.97. The zero-order valence-corrected chi connectivity index (χ0v) is 14.8. The monoisotopic (exact) mass is 342 g/mol. The molecule has 2 aliphatic heterocycles. The maximum atomic E-state index is 13.1. The van der Waals surface area contributed by atoms with Crippen molar-refractivity contribution >= 4 is 16.9 Å². The van der Waals surface area contributed by atoms with Crippen LogP contribution in [0, 0.1) is 6.92 Å². The Morgan fingerprint density at radius 3 is 2.72 bits per heavy atom. The maximum absolute atomic E-state index is 13.1. The van der Waals surface area contributed by atoms with Crippen LogP contribution in [0.5, 0.6) is 0 Å². The number of para-hydroxylation sites is 1. The second-order valence-electron chi connectivity index (χ2n) is 7.32. The summed E-state index contributed by atoms with van der Waals surface area (Å²) in [6.07, 6.45) is 3.86. The van der Waals surface area contributed by atoms with E-state index in [1.165, 1.54) is 5.56 Å². The van der Waals surface area contributed by atoms with Crippen molar-refractivity contribution in [3.63, 3.8) is 0 Å². The summed E-state index contributed by atoms with van der Waals surface area (Å²) in [5.41, 5.74) is 1.69. The van der Waals surface area contributed by atoms with Crippen molar-refractivity contribution in [1.82, 2.24) is 9.80 Å². The van der Waals surface area contributed by atoms with E-state index in [-0.39, 0.29) is 12.5 Å². The van der Waals surface area contributed by atoms with Gasteiger partial charge in [-0.25, -0.2) is 0 Å². The Labute approximate surface area is 148 Å². The number of carbonyl (C=O) groups is 1. The summed E-state index contributed by atoms with van der Waals surface area (Å²) in [6.45, 7) is 4.94. The van der Waals surface area contributed by atoms with Crippen LogP contribution in [-0.4, -0.2) is 52.6 Å². The first-order valence-electron chi connectivity index (χ1n) is 9.28. The van der Waals surface area contributed by atoms with Crippen LogP contribution < -0.4 is 0 Å². The van der Waals surface area contributed by atoms with Crippen LogP contribution in [0.3, 0.4) is 0 Å². The number of nitrogens with zero attached hydrogens (tertiary/aromatic N) is 2. The van der Waals surface area contributed by atoms with Crippen molar-refractivity contribution < 1.29 is 14.3 Å². The summed E-state index contributed by atoms with van der Waals surface area (Å²) in [4.78, 5) is 17.3. The molecular formula is C20H26N2O3. The Kier molecular flexibility index (Phi) is 4.29. The number of β-amino-alcohol motifs (C(OH)–C–C–N with tert-alkyl or cyclic N) is 1. The van der Waals surface area contributed by atoms with Crippen molar-refractivity contribution in [3.8, 4) is 0 Å². The molecule has 134 valence electrons. The van der Waals surface area contributed by atoms with Gasteiger partial charge in [-0.2, -0.15) is 0 Å². The molecule has 2 fully saturated rings. The number of aliphatic hydroxyl groups excluding tert-OH is 1. The number of carbonyl (C=O) groups excluding carboxylic acids is 1. The van der Waals surface area contributed by atoms with Gasteiger partial charge in [-0.15, -0.1) is 0 Å². The van der Waals surface area contributed by atoms with Crippen LogP contribution in [-0.2, 0) is 11.3 Å². The number of rotatable bonds is 4. The minimum absolute atomic E-state index is 0.0322. The lowest BCUT2D eigenvalue weighted by Crippen LogP contribution is -2.60. The summed E-state index contributed by atoms with van der Waals surface area (Å²) < 4.78 is 6.10. The van der Waals surface area contributed by atoms with Crippen LogP contribution >= 0.6 is 0 Å². The van der Waals surface area contributed by atoms with Crippen molar-refractivity contribution in [2.45, 2.75) is 44.7 Å². The number of fused-ring (bicyclic) bond motifs is 1. The Morgan fingerprint density at radius 1 is 1.20 bits per heavy atom. The molecule has 1 unspecified atom stereocenters. The van der Waals surface area contributed by atoms with Crippen LogP contribution in [0.2, 0.25) is 0 Å². The molecule has 0 saturated carbocycles. The molecule has 2 aliphatic rings. The Balaban J connectivity index is 1.62. The van der Waals surface area contributed by atoms with E-state index < -0.39 is 5.54 Å². The fourth-order valence-corrected chi connectivity index (χ4v) is 4.64. The highest BCUT2D eigenvalue weighted by atomic mass is 16.3. The number of aryl methyl sites for hydroxylation is 1. The number of amides is 1. The van der Waals surface area contributed by atoms with E-state index in [1.54, 1.807) is 0 Å². The van der Waals surface area contributed by atoms with E-state index in [0.29, 0.717) is 13.1 Å². The molecule has 2 saturated heterocycles. The molecule has 5 heteroatoms. The topological polar surface area (TPSA) is 56.9 Å². The second-order valence-corrected chi connectivity index (χ2v) is 7.32. The number of aliphatic hydroxyl groups is 1. The molecule has 0 bridgehead atoms. The molecule has 1 spiro atoms. The first-order chi connectivity index (χ1) is 12.2. The van der Waals surface area contributed by atoms with Gasteiger partial charge in [0.1, 0.15) is 16.9 Å². The highest BCUT2D eigenvalue weighted by Gasteiger charge is 2.50. The lowest BCUT2D eigenvalue weighted by atomic mass is 9.85. The maximum Gasteiger partial charge on any atom is 0.243 e. The van der Waals surface area contributed by atoms with Crippen LogP contribution in [0.25, 0.3) is 11.0 Å². The van der Waals surface area contributed by atoms with Crippen molar-refractivity contribution in [2.75, 3.05) is 26.2 Å². The summed E-state index contributed by atoms with van der Waals surface area (Å²) in [5.74, 6) is 1.16. The fourth-order valence-electron chi connectivity index (χ4n) is 4.64. The van der Waals surface area contributed by atoms with Gasteiger partial charge in [-0.05, 0) is 50.8 Å². The van der Waals surface area contributed by atoms with Gasteiger partial charge < -0.3 is 14.4 Å². The molecule has 3 heterocycles. The standard InChI is InChI=1S/C20H26N2O3/c1-15-16-6-2-3-7-17(16)25-18(15)14-22-11-5-9-20(22)8-4-10-21(12-13-23)19(20)24/h2-3,6-7,23H,4-5,8-14H2,1H3. The fraction of sp³-hybridized carbons (Fsp3) is 0.550. The van der Waals surface area contributed by atoms with E-state index in [0.717, 1.165) is 55.5 Å². The lowest BCUT2D eigenvalue weighted by molar-refractivity contribution is -0.148. The highest BCUT2D eigenvalue weighted by molar-refractivity contribution is 5.87. The Morgan fingerprint density at radius 2 is 1.96 bits per heavy atom. The van der Waals surface area contributed by atoms with Gasteiger partial charge in [0.15, 0.2) is 0 Å². The van der Waals surface area contributed by atoms with Crippen molar-refractivity contribution in [1.29, 1.82) is 0 Å². The minimum Gasteiger partial charge on any atom is -0.459 e. The highest BCUT2D eigenvalue weighted by Crippen LogP contribution is 2.40. The van der Waals surface area contributed by atoms with Gasteiger partial charge in [-0.3, -0.25) is 9.69 Å². The predicted octanol–water partition coefficient (Wildman–Crippen LogP) is 2.69. The average Bonchev–Trinajstić information content (AvgIpc) is 3.16. The number of hydrogen-bond acceptors (Lipinski definition) is 4. The van der Waals surface area contributed by atoms with Gasteiger partial charge in [-0.1, -0.05) is 18.2 Å². The zero-order chi connectivity index (χ0) is 17.4. The molecule has 1 amide bonds. The largest absolute Gasteiger partial charge is 0.459 e. The molecule has 1 N–H and O–H groups in total. The molecule has 2 aromatic rings.